The molecule has 7 heteroatoms. The van der Waals surface area contributed by atoms with E-state index in [1.54, 1.807) is 7.11 Å². The van der Waals surface area contributed by atoms with E-state index in [4.69, 9.17) is 9.84 Å². The van der Waals surface area contributed by atoms with E-state index in [0.29, 0.717) is 19.0 Å². The van der Waals surface area contributed by atoms with Crippen LogP contribution in [0.5, 0.6) is 0 Å². The minimum atomic E-state index is 0.541. The minimum absolute atomic E-state index is 0.541. The van der Waals surface area contributed by atoms with Gasteiger partial charge in [0.1, 0.15) is 0 Å². The van der Waals surface area contributed by atoms with Crippen molar-refractivity contribution in [2.45, 2.75) is 45.8 Å². The largest absolute Gasteiger partial charge is 0.378 e. The van der Waals surface area contributed by atoms with Crippen molar-refractivity contribution in [3.8, 4) is 22.5 Å². The smallest absolute Gasteiger partial charge is 0.180 e. The number of unbranched alkanes of at least 4 members (excludes halogenated alkanes) is 1. The fourth-order valence-electron chi connectivity index (χ4n) is 4.13. The molecule has 33 heavy (non-hydrogen) atoms. The third kappa shape index (κ3) is 5.09. The number of methoxy groups -OCH3 is 1. The Morgan fingerprint density at radius 1 is 1.09 bits per heavy atom. The molecule has 4 rings (SSSR count). The maximum Gasteiger partial charge on any atom is 0.180 e. The number of aromatic amines is 1. The van der Waals surface area contributed by atoms with Crippen molar-refractivity contribution in [1.29, 1.82) is 0 Å². The third-order valence-corrected chi connectivity index (χ3v) is 5.77. The average Bonchev–Trinajstić information content (AvgIpc) is 3.49. The summed E-state index contributed by atoms with van der Waals surface area (Å²) in [7, 11) is 1.73. The van der Waals surface area contributed by atoms with Gasteiger partial charge in [-0.1, -0.05) is 68.0 Å². The van der Waals surface area contributed by atoms with E-state index < -0.39 is 0 Å². The lowest BCUT2D eigenvalue weighted by Crippen LogP contribution is -2.06. The van der Waals surface area contributed by atoms with Crippen LogP contribution in [0, 0.1) is 0 Å². The molecular weight excluding hydrogens is 412 g/mol. The van der Waals surface area contributed by atoms with E-state index in [1.165, 1.54) is 11.1 Å². The van der Waals surface area contributed by atoms with Crippen molar-refractivity contribution in [2.24, 2.45) is 0 Å². The summed E-state index contributed by atoms with van der Waals surface area (Å²) in [5.41, 5.74) is 8.00. The first-order valence-electron chi connectivity index (χ1n) is 11.3. The molecule has 0 spiro atoms. The molecule has 0 saturated carbocycles. The van der Waals surface area contributed by atoms with Gasteiger partial charge in [0, 0.05) is 24.7 Å². The predicted octanol–water partition coefficient (Wildman–Crippen LogP) is 5.00. The monoisotopic (exact) mass is 442 g/mol. The van der Waals surface area contributed by atoms with Crippen molar-refractivity contribution < 1.29 is 4.74 Å². The Morgan fingerprint density at radius 3 is 2.55 bits per heavy atom. The molecule has 0 radical (unpaired) electrons. The van der Waals surface area contributed by atoms with Crippen LogP contribution in [-0.2, 0) is 30.7 Å². The molecule has 0 unspecified atom stereocenters. The molecule has 0 fully saturated rings. The minimum Gasteiger partial charge on any atom is -0.378 e. The topological polar surface area (TPSA) is 81.5 Å². The van der Waals surface area contributed by atoms with Gasteiger partial charge in [0.05, 0.1) is 24.5 Å². The molecule has 0 aliphatic heterocycles. The highest BCUT2D eigenvalue weighted by molar-refractivity contribution is 5.80. The van der Waals surface area contributed by atoms with Crippen molar-refractivity contribution in [3.05, 3.63) is 83.7 Å². The highest BCUT2D eigenvalue weighted by atomic mass is 16.5. The summed E-state index contributed by atoms with van der Waals surface area (Å²) in [6.45, 7) is 7.33. The summed E-state index contributed by atoms with van der Waals surface area (Å²) in [5.74, 6) is 0.661. The number of rotatable bonds is 11. The van der Waals surface area contributed by atoms with Crippen LogP contribution in [0.15, 0.2) is 61.2 Å². The van der Waals surface area contributed by atoms with E-state index in [1.807, 2.05) is 29.0 Å². The van der Waals surface area contributed by atoms with E-state index >= 15 is 0 Å². The van der Waals surface area contributed by atoms with Gasteiger partial charge in [-0.2, -0.15) is 5.10 Å². The first-order chi connectivity index (χ1) is 16.2. The molecule has 0 bridgehead atoms. The molecule has 170 valence electrons. The van der Waals surface area contributed by atoms with Crippen molar-refractivity contribution >= 4 is 0 Å². The number of benzene rings is 2. The molecule has 7 nitrogen and oxygen atoms in total. The Kier molecular flexibility index (Phi) is 7.42. The summed E-state index contributed by atoms with van der Waals surface area (Å²) in [6, 6.07) is 16.8. The van der Waals surface area contributed by atoms with E-state index in [-0.39, 0.29) is 0 Å². The van der Waals surface area contributed by atoms with E-state index in [9.17, 15) is 0 Å². The fraction of sp³-hybridized carbons (Fsp3) is 0.308. The molecule has 0 aliphatic rings. The molecule has 0 amide bonds. The molecule has 0 aliphatic carbocycles. The fourth-order valence-corrected chi connectivity index (χ4v) is 4.13. The van der Waals surface area contributed by atoms with Crippen molar-refractivity contribution in [1.82, 2.24) is 30.4 Å². The molecule has 1 N–H and O–H groups in total. The SMILES string of the molecule is C=CCn1nc(CCCC)c(Cc2ccc(-c3ccccc3-c3nnn[nH]3)cc2)c1COC. The molecule has 2 aromatic heterocycles. The summed E-state index contributed by atoms with van der Waals surface area (Å²) in [5, 5.41) is 19.3. The number of ether oxygens (including phenoxy) is 1. The van der Waals surface area contributed by atoms with Crippen LogP contribution in [0.3, 0.4) is 0 Å². The number of hydrogen-bond acceptors (Lipinski definition) is 5. The molecule has 0 saturated heterocycles. The lowest BCUT2D eigenvalue weighted by Gasteiger charge is -2.10. The third-order valence-electron chi connectivity index (χ3n) is 5.77. The second-order valence-corrected chi connectivity index (χ2v) is 8.05. The number of aryl methyl sites for hydroxylation is 1. The first-order valence-corrected chi connectivity index (χ1v) is 11.3. The van der Waals surface area contributed by atoms with Gasteiger partial charge < -0.3 is 4.74 Å². The zero-order valence-electron chi connectivity index (χ0n) is 19.3. The van der Waals surface area contributed by atoms with Crippen LogP contribution in [0.4, 0.5) is 0 Å². The van der Waals surface area contributed by atoms with Crippen molar-refractivity contribution in [3.63, 3.8) is 0 Å². The molecular formula is C26H30N6O. The zero-order valence-corrected chi connectivity index (χ0v) is 19.3. The van der Waals surface area contributed by atoms with Crippen LogP contribution >= 0.6 is 0 Å². The maximum absolute atomic E-state index is 5.52. The Labute approximate surface area is 194 Å². The number of nitrogens with one attached hydrogen (secondary N) is 1. The molecule has 2 heterocycles. The van der Waals surface area contributed by atoms with Gasteiger partial charge in [-0.3, -0.25) is 4.68 Å². The Bertz CT molecular complexity index is 1180. The number of H-pyrrole nitrogens is 1. The Morgan fingerprint density at radius 2 is 1.88 bits per heavy atom. The standard InChI is InChI=1S/C26H30N6O/c1-4-6-11-24-23(25(18-33-3)32(29-24)16-5-2)17-19-12-14-20(15-13-19)21-9-7-8-10-22(21)26-27-30-31-28-26/h5,7-10,12-15H,2,4,6,11,16-18H2,1,3H3,(H,27,28,30,31). The summed E-state index contributed by atoms with van der Waals surface area (Å²) in [4.78, 5) is 0. The number of aromatic nitrogens is 6. The van der Waals surface area contributed by atoms with Gasteiger partial charge >= 0.3 is 0 Å². The highest BCUT2D eigenvalue weighted by Gasteiger charge is 2.18. The number of allylic oxidation sites excluding steroid dienone is 1. The van der Waals surface area contributed by atoms with E-state index in [0.717, 1.165) is 53.8 Å². The quantitative estimate of drug-likeness (QED) is 0.331. The molecule has 2 aromatic carbocycles. The number of hydrogen-bond donors (Lipinski definition) is 1. The van der Waals surface area contributed by atoms with Gasteiger partial charge in [-0.15, -0.1) is 11.7 Å². The van der Waals surface area contributed by atoms with Gasteiger partial charge in [0.2, 0.25) is 0 Å². The maximum atomic E-state index is 5.52. The van der Waals surface area contributed by atoms with Gasteiger partial charge in [-0.05, 0) is 40.0 Å². The Balaban J connectivity index is 1.64. The van der Waals surface area contributed by atoms with Crippen LogP contribution in [-0.4, -0.2) is 37.5 Å². The number of tetrazole rings is 1. The van der Waals surface area contributed by atoms with E-state index in [2.05, 4.69) is 64.5 Å². The lowest BCUT2D eigenvalue weighted by molar-refractivity contribution is 0.176. The highest BCUT2D eigenvalue weighted by Crippen LogP contribution is 2.30. The van der Waals surface area contributed by atoms with Crippen molar-refractivity contribution in [2.75, 3.05) is 7.11 Å². The second kappa shape index (κ2) is 10.8. The Hall–Kier alpha value is -3.58. The normalized spacial score (nSPS) is 11.1. The van der Waals surface area contributed by atoms with Crippen LogP contribution in [0.25, 0.3) is 22.5 Å². The first kappa shape index (κ1) is 22.6. The second-order valence-electron chi connectivity index (χ2n) is 8.05. The van der Waals surface area contributed by atoms with Crippen LogP contribution in [0.2, 0.25) is 0 Å². The number of nitrogens with zero attached hydrogens (tertiary/aromatic N) is 5. The summed E-state index contributed by atoms with van der Waals surface area (Å²) < 4.78 is 7.56. The molecule has 4 aromatic rings. The summed E-state index contributed by atoms with van der Waals surface area (Å²) in [6.07, 6.45) is 5.95. The zero-order chi connectivity index (χ0) is 23.0. The molecule has 0 atom stereocenters. The average molecular weight is 443 g/mol. The predicted molar refractivity (Wildman–Crippen MR) is 130 cm³/mol. The van der Waals surface area contributed by atoms with Crippen LogP contribution in [0.1, 0.15) is 42.3 Å². The lowest BCUT2D eigenvalue weighted by atomic mass is 9.95. The van der Waals surface area contributed by atoms with Gasteiger partial charge in [0.25, 0.3) is 0 Å². The van der Waals surface area contributed by atoms with Crippen LogP contribution < -0.4 is 0 Å². The van der Waals surface area contributed by atoms with Gasteiger partial charge in [0.15, 0.2) is 5.82 Å². The summed E-state index contributed by atoms with van der Waals surface area (Å²) >= 11 is 0. The van der Waals surface area contributed by atoms with Gasteiger partial charge in [-0.25, -0.2) is 5.10 Å².